The van der Waals surface area contributed by atoms with Crippen molar-refractivity contribution in [2.45, 2.75) is 19.6 Å². The molecule has 45 heavy (non-hydrogen) atoms. The summed E-state index contributed by atoms with van der Waals surface area (Å²) in [6, 6.07) is 54.1. The summed E-state index contributed by atoms with van der Waals surface area (Å²) in [6.07, 6.45) is 0. The van der Waals surface area contributed by atoms with Crippen molar-refractivity contribution in [2.24, 2.45) is 0 Å². The standard InChI is InChI=1S/C41H33BN2Si/c1-45(2,3)37-27-26-36-38-41(37)44(31-18-8-5-9-19-31)40-33-21-13-11-15-29(33)23-25-35(40)42(38)34-24-22-28-14-10-12-20-32(28)39(34)43(36)30-16-6-4-7-17-30/h4-27H,1-3H3. The van der Waals surface area contributed by atoms with E-state index in [1.165, 1.54) is 77.2 Å². The summed E-state index contributed by atoms with van der Waals surface area (Å²) in [7, 11) is -1.81. The normalized spacial score (nSPS) is 13.5. The largest absolute Gasteiger partial charge is 0.311 e. The summed E-state index contributed by atoms with van der Waals surface area (Å²) in [5.74, 6) is 0. The van der Waals surface area contributed by atoms with Crippen LogP contribution in [0.1, 0.15) is 0 Å². The lowest BCUT2D eigenvalue weighted by molar-refractivity contribution is 1.27. The van der Waals surface area contributed by atoms with E-state index in [0.717, 1.165) is 0 Å². The fourth-order valence-electron chi connectivity index (χ4n) is 7.82. The molecule has 0 saturated heterocycles. The van der Waals surface area contributed by atoms with Crippen molar-refractivity contribution < 1.29 is 0 Å². The Bertz CT molecular complexity index is 2260. The lowest BCUT2D eigenvalue weighted by atomic mass is 9.33. The lowest BCUT2D eigenvalue weighted by Gasteiger charge is -2.46. The van der Waals surface area contributed by atoms with E-state index in [4.69, 9.17) is 0 Å². The Labute approximate surface area is 266 Å². The summed E-state index contributed by atoms with van der Waals surface area (Å²) in [4.78, 5) is 5.14. The molecule has 0 fully saturated rings. The Kier molecular flexibility index (Phi) is 5.69. The van der Waals surface area contributed by atoms with Crippen LogP contribution in [0.5, 0.6) is 0 Å². The number of para-hydroxylation sites is 2. The van der Waals surface area contributed by atoms with Crippen LogP contribution in [0.3, 0.4) is 0 Å². The van der Waals surface area contributed by atoms with Crippen molar-refractivity contribution in [3.63, 3.8) is 0 Å². The third-order valence-electron chi connectivity index (χ3n) is 9.72. The lowest BCUT2D eigenvalue weighted by Crippen LogP contribution is -2.63. The highest BCUT2D eigenvalue weighted by Crippen LogP contribution is 2.47. The van der Waals surface area contributed by atoms with Crippen LogP contribution in [0.25, 0.3) is 21.5 Å². The highest BCUT2D eigenvalue weighted by atomic mass is 28.3. The molecule has 0 aromatic heterocycles. The molecule has 2 nitrogen and oxygen atoms in total. The Hall–Kier alpha value is -5.06. The van der Waals surface area contributed by atoms with Gasteiger partial charge in [0.2, 0.25) is 0 Å². The van der Waals surface area contributed by atoms with Gasteiger partial charge in [0.15, 0.2) is 0 Å². The van der Waals surface area contributed by atoms with E-state index in [9.17, 15) is 0 Å². The molecule has 0 amide bonds. The van der Waals surface area contributed by atoms with E-state index in [1.54, 1.807) is 0 Å². The van der Waals surface area contributed by atoms with Crippen LogP contribution in [0, 0.1) is 0 Å². The van der Waals surface area contributed by atoms with Crippen molar-refractivity contribution >= 4 is 92.0 Å². The van der Waals surface area contributed by atoms with Gasteiger partial charge in [-0.15, -0.1) is 0 Å². The number of anilines is 6. The molecule has 9 rings (SSSR count). The average Bonchev–Trinajstić information content (AvgIpc) is 3.08. The second kappa shape index (κ2) is 9.72. The van der Waals surface area contributed by atoms with Gasteiger partial charge in [-0.1, -0.05) is 135 Å². The van der Waals surface area contributed by atoms with E-state index < -0.39 is 8.07 Å². The SMILES string of the molecule is C[Si](C)(C)c1ccc2c3c1N(c1ccccc1)c1c(ccc4ccccc14)B3c1ccc3ccccc3c1N2c1ccccc1. The van der Waals surface area contributed by atoms with E-state index in [1.807, 2.05) is 0 Å². The summed E-state index contributed by atoms with van der Waals surface area (Å²) in [5, 5.41) is 6.61. The van der Waals surface area contributed by atoms with Crippen LogP contribution in [0.4, 0.5) is 34.1 Å². The van der Waals surface area contributed by atoms with Gasteiger partial charge in [0.25, 0.3) is 6.71 Å². The molecule has 4 heteroatoms. The first kappa shape index (κ1) is 26.4. The Balaban J connectivity index is 1.50. The predicted octanol–water partition coefficient (Wildman–Crippen LogP) is 8.62. The first-order chi connectivity index (χ1) is 22.0. The second-order valence-corrected chi connectivity index (χ2v) is 18.4. The minimum Gasteiger partial charge on any atom is -0.311 e. The van der Waals surface area contributed by atoms with Gasteiger partial charge in [-0.2, -0.15) is 0 Å². The van der Waals surface area contributed by atoms with Gasteiger partial charge >= 0.3 is 0 Å². The number of hydrogen-bond donors (Lipinski definition) is 0. The van der Waals surface area contributed by atoms with Crippen molar-refractivity contribution in [2.75, 3.05) is 9.80 Å². The minimum atomic E-state index is -1.81. The quantitative estimate of drug-likeness (QED) is 0.190. The van der Waals surface area contributed by atoms with E-state index in [-0.39, 0.29) is 6.71 Å². The zero-order chi connectivity index (χ0) is 30.3. The van der Waals surface area contributed by atoms with Crippen molar-refractivity contribution in [1.82, 2.24) is 0 Å². The molecule has 0 aliphatic carbocycles. The van der Waals surface area contributed by atoms with Crippen molar-refractivity contribution in [3.05, 3.63) is 146 Å². The molecule has 2 aliphatic rings. The minimum absolute atomic E-state index is 0.102. The van der Waals surface area contributed by atoms with Gasteiger partial charge < -0.3 is 9.80 Å². The summed E-state index contributed by atoms with van der Waals surface area (Å²) < 4.78 is 0. The van der Waals surface area contributed by atoms with E-state index in [0.29, 0.717) is 0 Å². The molecule has 0 atom stereocenters. The van der Waals surface area contributed by atoms with Gasteiger partial charge in [0, 0.05) is 44.9 Å². The molecular formula is C41H33BN2Si. The number of benzene rings is 7. The van der Waals surface area contributed by atoms with Crippen molar-refractivity contribution in [1.29, 1.82) is 0 Å². The predicted molar refractivity (Wildman–Crippen MR) is 198 cm³/mol. The highest BCUT2D eigenvalue weighted by Gasteiger charge is 2.46. The molecule has 0 saturated carbocycles. The van der Waals surface area contributed by atoms with Gasteiger partial charge in [-0.3, -0.25) is 0 Å². The maximum absolute atomic E-state index is 2.61. The van der Waals surface area contributed by atoms with E-state index in [2.05, 4.69) is 175 Å². The molecule has 0 spiro atoms. The summed E-state index contributed by atoms with van der Waals surface area (Å²) in [5.41, 5.74) is 11.8. The molecule has 2 heterocycles. The van der Waals surface area contributed by atoms with Crippen LogP contribution in [0.15, 0.2) is 146 Å². The Morgan fingerprint density at radius 2 is 0.933 bits per heavy atom. The highest BCUT2D eigenvalue weighted by molar-refractivity contribution is 7.02. The van der Waals surface area contributed by atoms with Gasteiger partial charge in [0.1, 0.15) is 0 Å². The molecular weight excluding hydrogens is 559 g/mol. The summed E-state index contributed by atoms with van der Waals surface area (Å²) in [6.45, 7) is 7.56. The molecule has 0 bridgehead atoms. The molecule has 0 unspecified atom stereocenters. The average molecular weight is 593 g/mol. The van der Waals surface area contributed by atoms with Crippen molar-refractivity contribution in [3.8, 4) is 0 Å². The van der Waals surface area contributed by atoms with E-state index >= 15 is 0 Å². The van der Waals surface area contributed by atoms with Gasteiger partial charge in [-0.05, 0) is 62.7 Å². The molecule has 0 radical (unpaired) electrons. The maximum Gasteiger partial charge on any atom is 0.252 e. The maximum atomic E-state index is 2.61. The second-order valence-electron chi connectivity index (χ2n) is 13.4. The van der Waals surface area contributed by atoms with Crippen LogP contribution in [-0.2, 0) is 0 Å². The Morgan fingerprint density at radius 3 is 1.49 bits per heavy atom. The number of fused-ring (bicyclic) bond motifs is 8. The zero-order valence-corrected chi connectivity index (χ0v) is 26.8. The fraction of sp³-hybridized carbons (Fsp3) is 0.0732. The zero-order valence-electron chi connectivity index (χ0n) is 25.8. The van der Waals surface area contributed by atoms with Crippen LogP contribution in [0.2, 0.25) is 19.6 Å². The molecule has 7 aromatic carbocycles. The monoisotopic (exact) mass is 592 g/mol. The third kappa shape index (κ3) is 3.82. The molecule has 7 aromatic rings. The molecule has 2 aliphatic heterocycles. The first-order valence-corrected chi connectivity index (χ1v) is 19.4. The van der Waals surface area contributed by atoms with Crippen LogP contribution >= 0.6 is 0 Å². The third-order valence-corrected chi connectivity index (χ3v) is 11.7. The number of hydrogen-bond acceptors (Lipinski definition) is 2. The van der Waals surface area contributed by atoms with Crippen LogP contribution < -0.4 is 31.4 Å². The molecule has 0 N–H and O–H groups in total. The van der Waals surface area contributed by atoms with Gasteiger partial charge in [0.05, 0.1) is 8.07 Å². The fourth-order valence-corrected chi connectivity index (χ4v) is 9.36. The van der Waals surface area contributed by atoms with Gasteiger partial charge in [-0.25, -0.2) is 0 Å². The molecule has 214 valence electrons. The number of rotatable bonds is 3. The Morgan fingerprint density at radius 1 is 0.444 bits per heavy atom. The summed E-state index contributed by atoms with van der Waals surface area (Å²) >= 11 is 0. The smallest absolute Gasteiger partial charge is 0.252 e. The first-order valence-electron chi connectivity index (χ1n) is 15.9. The topological polar surface area (TPSA) is 6.48 Å². The number of nitrogens with zero attached hydrogens (tertiary/aromatic N) is 2. The van der Waals surface area contributed by atoms with Crippen LogP contribution in [-0.4, -0.2) is 14.8 Å².